The van der Waals surface area contributed by atoms with E-state index in [4.69, 9.17) is 16.3 Å². The van der Waals surface area contributed by atoms with Gasteiger partial charge in [0.1, 0.15) is 11.6 Å². The zero-order valence-corrected chi connectivity index (χ0v) is 13.7. The summed E-state index contributed by atoms with van der Waals surface area (Å²) in [5.74, 6) is -0.876. The summed E-state index contributed by atoms with van der Waals surface area (Å²) in [6, 6.07) is 14.6. The topological polar surface area (TPSA) is 55.4 Å². The highest BCUT2D eigenvalue weighted by Gasteiger charge is 2.12. The van der Waals surface area contributed by atoms with Crippen LogP contribution in [0.2, 0.25) is 5.02 Å². The van der Waals surface area contributed by atoms with Crippen LogP contribution < -0.4 is 10.1 Å². The van der Waals surface area contributed by atoms with Crippen LogP contribution in [0.5, 0.6) is 5.75 Å². The first-order chi connectivity index (χ1) is 12.1. The van der Waals surface area contributed by atoms with Crippen LogP contribution in [0.25, 0.3) is 10.8 Å². The number of amides is 1. The van der Waals surface area contributed by atoms with Gasteiger partial charge in [-0.3, -0.25) is 9.59 Å². The molecule has 0 aliphatic rings. The normalized spacial score (nSPS) is 10.5. The molecule has 3 aromatic rings. The van der Waals surface area contributed by atoms with Gasteiger partial charge in [0.05, 0.1) is 11.3 Å². The molecule has 0 fully saturated rings. The monoisotopic (exact) mass is 357 g/mol. The Kier molecular flexibility index (Phi) is 4.95. The number of hydrogen-bond donors (Lipinski definition) is 1. The van der Waals surface area contributed by atoms with Crippen LogP contribution in [0.3, 0.4) is 0 Å². The predicted molar refractivity (Wildman–Crippen MR) is 94.9 cm³/mol. The molecule has 0 aliphatic heterocycles. The van der Waals surface area contributed by atoms with Gasteiger partial charge in [-0.15, -0.1) is 0 Å². The number of anilines is 1. The number of nitrogens with one attached hydrogen (secondary N) is 1. The first-order valence-electron chi connectivity index (χ1n) is 7.43. The summed E-state index contributed by atoms with van der Waals surface area (Å²) in [5.41, 5.74) is 0.329. The maximum Gasteiger partial charge on any atom is 0.262 e. The van der Waals surface area contributed by atoms with Gasteiger partial charge >= 0.3 is 0 Å². The molecular weight excluding hydrogens is 345 g/mol. The summed E-state index contributed by atoms with van der Waals surface area (Å²) in [5, 5.41) is 4.31. The molecule has 4 nitrogen and oxygen atoms in total. The third-order valence-corrected chi connectivity index (χ3v) is 3.84. The molecule has 0 saturated carbocycles. The number of aldehydes is 1. The molecule has 126 valence electrons. The lowest BCUT2D eigenvalue weighted by molar-refractivity contribution is -0.118. The first-order valence-corrected chi connectivity index (χ1v) is 7.81. The van der Waals surface area contributed by atoms with Crippen molar-refractivity contribution in [2.75, 3.05) is 11.9 Å². The molecule has 3 rings (SSSR count). The van der Waals surface area contributed by atoms with Crippen molar-refractivity contribution in [1.82, 2.24) is 0 Å². The Morgan fingerprint density at radius 1 is 1.16 bits per heavy atom. The fourth-order valence-electron chi connectivity index (χ4n) is 2.45. The number of fused-ring (bicyclic) bond motifs is 1. The molecule has 1 N–H and O–H groups in total. The highest BCUT2D eigenvalue weighted by Crippen LogP contribution is 2.26. The van der Waals surface area contributed by atoms with Crippen molar-refractivity contribution in [2.45, 2.75) is 0 Å². The van der Waals surface area contributed by atoms with Crippen molar-refractivity contribution >= 4 is 40.3 Å². The minimum Gasteiger partial charge on any atom is -0.483 e. The number of halogens is 2. The fourth-order valence-corrected chi connectivity index (χ4v) is 2.62. The molecule has 0 unspecified atom stereocenters. The van der Waals surface area contributed by atoms with E-state index in [0.29, 0.717) is 16.9 Å². The van der Waals surface area contributed by atoms with Crippen LogP contribution in [-0.4, -0.2) is 18.8 Å². The van der Waals surface area contributed by atoms with E-state index in [0.717, 1.165) is 16.8 Å². The zero-order valence-electron chi connectivity index (χ0n) is 13.0. The average molecular weight is 358 g/mol. The Hall–Kier alpha value is -2.92. The van der Waals surface area contributed by atoms with Crippen LogP contribution in [0.15, 0.2) is 54.6 Å². The third-order valence-electron chi connectivity index (χ3n) is 3.61. The predicted octanol–water partition coefficient (Wildman–Crippen LogP) is 4.46. The summed E-state index contributed by atoms with van der Waals surface area (Å²) < 4.78 is 19.1. The second-order valence-electron chi connectivity index (χ2n) is 5.28. The maximum absolute atomic E-state index is 13.6. The van der Waals surface area contributed by atoms with Crippen molar-refractivity contribution in [3.8, 4) is 5.75 Å². The molecule has 25 heavy (non-hydrogen) atoms. The van der Waals surface area contributed by atoms with E-state index in [1.807, 2.05) is 18.2 Å². The molecule has 0 saturated heterocycles. The minimum atomic E-state index is -0.600. The quantitative estimate of drug-likeness (QED) is 0.686. The molecule has 0 radical (unpaired) electrons. The summed E-state index contributed by atoms with van der Waals surface area (Å²) >= 11 is 5.78. The summed E-state index contributed by atoms with van der Waals surface area (Å²) in [4.78, 5) is 23.4. The van der Waals surface area contributed by atoms with Gasteiger partial charge in [-0.2, -0.15) is 0 Å². The van der Waals surface area contributed by atoms with Gasteiger partial charge in [-0.1, -0.05) is 41.9 Å². The Morgan fingerprint density at radius 3 is 2.76 bits per heavy atom. The van der Waals surface area contributed by atoms with Gasteiger partial charge in [0.2, 0.25) is 0 Å². The Balaban J connectivity index is 1.75. The van der Waals surface area contributed by atoms with Crippen LogP contribution in [0.1, 0.15) is 10.4 Å². The van der Waals surface area contributed by atoms with Crippen molar-refractivity contribution < 1.29 is 18.7 Å². The van der Waals surface area contributed by atoms with Crippen molar-refractivity contribution in [3.05, 3.63) is 71.0 Å². The average Bonchev–Trinajstić information content (AvgIpc) is 2.62. The molecule has 0 aromatic heterocycles. The summed E-state index contributed by atoms with van der Waals surface area (Å²) in [6.45, 7) is -0.370. The third kappa shape index (κ3) is 3.78. The van der Waals surface area contributed by atoms with Gasteiger partial charge in [-0.05, 0) is 35.0 Å². The van der Waals surface area contributed by atoms with Gasteiger partial charge < -0.3 is 10.1 Å². The molecule has 0 spiro atoms. The van der Waals surface area contributed by atoms with E-state index < -0.39 is 11.7 Å². The zero-order chi connectivity index (χ0) is 17.8. The Labute approximate surface area is 148 Å². The molecular formula is C19H13ClFNO3. The van der Waals surface area contributed by atoms with Crippen LogP contribution in [0, 0.1) is 5.82 Å². The van der Waals surface area contributed by atoms with E-state index in [1.54, 1.807) is 18.2 Å². The number of benzene rings is 3. The van der Waals surface area contributed by atoms with Gasteiger partial charge in [-0.25, -0.2) is 4.39 Å². The lowest BCUT2D eigenvalue weighted by Gasteiger charge is -2.11. The smallest absolute Gasteiger partial charge is 0.262 e. The molecule has 6 heteroatoms. The second kappa shape index (κ2) is 7.32. The van der Waals surface area contributed by atoms with Gasteiger partial charge in [0.15, 0.2) is 12.9 Å². The van der Waals surface area contributed by atoms with E-state index >= 15 is 0 Å². The molecule has 0 aliphatic carbocycles. The first kappa shape index (κ1) is 16.9. The van der Waals surface area contributed by atoms with E-state index in [9.17, 15) is 14.0 Å². The number of rotatable bonds is 5. The van der Waals surface area contributed by atoms with Gasteiger partial charge in [0.25, 0.3) is 5.91 Å². The van der Waals surface area contributed by atoms with Crippen LogP contribution >= 0.6 is 11.6 Å². The lowest BCUT2D eigenvalue weighted by Crippen LogP contribution is -2.21. The van der Waals surface area contributed by atoms with Gasteiger partial charge in [0, 0.05) is 5.02 Å². The lowest BCUT2D eigenvalue weighted by atomic mass is 10.0. The molecule has 3 aromatic carbocycles. The van der Waals surface area contributed by atoms with E-state index in [2.05, 4.69) is 5.32 Å². The van der Waals surface area contributed by atoms with E-state index in [1.165, 1.54) is 12.1 Å². The molecule has 0 bridgehead atoms. The number of ether oxygens (including phenoxy) is 1. The minimum absolute atomic E-state index is 0.0322. The Morgan fingerprint density at radius 2 is 1.96 bits per heavy atom. The summed E-state index contributed by atoms with van der Waals surface area (Å²) in [6.07, 6.45) is 0.687. The largest absolute Gasteiger partial charge is 0.483 e. The Bertz CT molecular complexity index is 959. The number of hydrogen-bond acceptors (Lipinski definition) is 3. The fraction of sp³-hybridized carbons (Fsp3) is 0.0526. The van der Waals surface area contributed by atoms with Crippen LogP contribution in [-0.2, 0) is 4.79 Å². The maximum atomic E-state index is 13.6. The highest BCUT2D eigenvalue weighted by atomic mass is 35.5. The molecule has 1 amide bonds. The molecule has 0 heterocycles. The SMILES string of the molecule is O=Cc1c(OCC(=O)Nc2cc(Cl)ccc2F)ccc2ccccc12. The van der Waals surface area contributed by atoms with Crippen molar-refractivity contribution in [1.29, 1.82) is 0 Å². The summed E-state index contributed by atoms with van der Waals surface area (Å²) in [7, 11) is 0. The second-order valence-corrected chi connectivity index (χ2v) is 5.71. The molecule has 0 atom stereocenters. The number of carbonyl (C=O) groups excluding carboxylic acids is 2. The standard InChI is InChI=1S/C19H13ClFNO3/c20-13-6-7-16(21)17(9-13)22-19(24)11-25-18-8-5-12-3-1-2-4-14(12)15(18)10-23/h1-10H,11H2,(H,22,24). The van der Waals surface area contributed by atoms with Crippen LogP contribution in [0.4, 0.5) is 10.1 Å². The van der Waals surface area contributed by atoms with Crippen molar-refractivity contribution in [2.24, 2.45) is 0 Å². The van der Waals surface area contributed by atoms with E-state index in [-0.39, 0.29) is 18.0 Å². The highest BCUT2D eigenvalue weighted by molar-refractivity contribution is 6.30. The number of carbonyl (C=O) groups is 2. The van der Waals surface area contributed by atoms with Crippen molar-refractivity contribution in [3.63, 3.8) is 0 Å².